The molecule has 0 aliphatic rings. The van der Waals surface area contributed by atoms with E-state index in [1.807, 2.05) is 44.2 Å². The highest BCUT2D eigenvalue weighted by Gasteiger charge is 2.14. The lowest BCUT2D eigenvalue weighted by atomic mass is 10.2. The Kier molecular flexibility index (Phi) is 3.32. The highest BCUT2D eigenvalue weighted by Crippen LogP contribution is 2.21. The van der Waals surface area contributed by atoms with Gasteiger partial charge < -0.3 is 4.74 Å². The monoisotopic (exact) mass is 287 g/mol. The number of aryl methyl sites for hydroxylation is 2. The van der Waals surface area contributed by atoms with Crippen molar-refractivity contribution < 1.29 is 4.74 Å². The Bertz CT molecular complexity index is 753. The number of benzene rings is 1. The highest BCUT2D eigenvalue weighted by atomic mass is 35.5. The molecule has 0 radical (unpaired) electrons. The lowest BCUT2D eigenvalue weighted by Crippen LogP contribution is -1.99. The predicted molar refractivity (Wildman–Crippen MR) is 78.2 cm³/mol. The molecule has 0 N–H and O–H groups in total. The van der Waals surface area contributed by atoms with E-state index in [0.29, 0.717) is 11.8 Å². The third-order valence-electron chi connectivity index (χ3n) is 3.10. The molecular formula is C15H14ClN3O. The minimum absolute atomic E-state index is 0.423. The smallest absolute Gasteiger partial charge is 0.163 e. The summed E-state index contributed by atoms with van der Waals surface area (Å²) < 4.78 is 7.43. The van der Waals surface area contributed by atoms with Crippen LogP contribution in [0.25, 0.3) is 5.65 Å². The number of para-hydroxylation sites is 1. The van der Waals surface area contributed by atoms with Gasteiger partial charge in [0.2, 0.25) is 0 Å². The fourth-order valence-electron chi connectivity index (χ4n) is 2.09. The van der Waals surface area contributed by atoms with Crippen LogP contribution in [0.2, 0.25) is 5.15 Å². The predicted octanol–water partition coefficient (Wildman–Crippen LogP) is 3.58. The Labute approximate surface area is 122 Å². The quantitative estimate of drug-likeness (QED) is 0.691. The summed E-state index contributed by atoms with van der Waals surface area (Å²) in [5, 5.41) is 4.97. The first-order valence-corrected chi connectivity index (χ1v) is 6.72. The molecule has 0 amide bonds. The SMILES string of the molecule is Cc1cc(Cl)n2nc(C)c(COc3ccccc3)c2n1. The molecule has 1 aromatic carbocycles. The van der Waals surface area contributed by atoms with Crippen molar-refractivity contribution in [2.24, 2.45) is 0 Å². The van der Waals surface area contributed by atoms with Crippen LogP contribution in [-0.2, 0) is 6.61 Å². The van der Waals surface area contributed by atoms with Gasteiger partial charge in [-0.25, -0.2) is 9.50 Å². The number of aromatic nitrogens is 3. The van der Waals surface area contributed by atoms with Crippen molar-refractivity contribution in [2.75, 3.05) is 0 Å². The molecule has 102 valence electrons. The average Bonchev–Trinajstić information content (AvgIpc) is 2.74. The van der Waals surface area contributed by atoms with E-state index in [9.17, 15) is 0 Å². The van der Waals surface area contributed by atoms with Crippen LogP contribution >= 0.6 is 11.6 Å². The highest BCUT2D eigenvalue weighted by molar-refractivity contribution is 6.29. The second-order valence-electron chi connectivity index (χ2n) is 4.62. The molecule has 0 aliphatic heterocycles. The second kappa shape index (κ2) is 5.13. The number of fused-ring (bicyclic) bond motifs is 1. The van der Waals surface area contributed by atoms with Gasteiger partial charge in [-0.2, -0.15) is 5.10 Å². The topological polar surface area (TPSA) is 39.4 Å². The van der Waals surface area contributed by atoms with Crippen molar-refractivity contribution in [3.63, 3.8) is 0 Å². The standard InChI is InChI=1S/C15H14ClN3O/c1-10-8-14(16)19-15(17-10)13(11(2)18-19)9-20-12-6-4-3-5-7-12/h3-8H,9H2,1-2H3. The average molecular weight is 288 g/mol. The van der Waals surface area contributed by atoms with Gasteiger partial charge in [0.1, 0.15) is 17.5 Å². The van der Waals surface area contributed by atoms with E-state index in [1.54, 1.807) is 10.6 Å². The van der Waals surface area contributed by atoms with Gasteiger partial charge in [-0.05, 0) is 32.0 Å². The van der Waals surface area contributed by atoms with Gasteiger partial charge >= 0.3 is 0 Å². The number of rotatable bonds is 3. The van der Waals surface area contributed by atoms with E-state index in [0.717, 1.165) is 28.3 Å². The zero-order valence-corrected chi connectivity index (χ0v) is 12.1. The molecule has 4 nitrogen and oxygen atoms in total. The number of nitrogens with zero attached hydrogens (tertiary/aromatic N) is 3. The number of ether oxygens (including phenoxy) is 1. The molecule has 2 aromatic heterocycles. The van der Waals surface area contributed by atoms with Crippen LogP contribution in [-0.4, -0.2) is 14.6 Å². The molecule has 0 saturated carbocycles. The van der Waals surface area contributed by atoms with E-state index in [4.69, 9.17) is 16.3 Å². The van der Waals surface area contributed by atoms with Crippen LogP contribution in [0, 0.1) is 13.8 Å². The van der Waals surface area contributed by atoms with E-state index >= 15 is 0 Å². The zero-order chi connectivity index (χ0) is 14.1. The largest absolute Gasteiger partial charge is 0.489 e. The zero-order valence-electron chi connectivity index (χ0n) is 11.3. The molecule has 2 heterocycles. The van der Waals surface area contributed by atoms with Crippen molar-refractivity contribution in [1.82, 2.24) is 14.6 Å². The summed E-state index contributed by atoms with van der Waals surface area (Å²) in [7, 11) is 0. The maximum Gasteiger partial charge on any atom is 0.163 e. The summed E-state index contributed by atoms with van der Waals surface area (Å²) in [6.45, 7) is 4.27. The van der Waals surface area contributed by atoms with Crippen LogP contribution in [0.15, 0.2) is 36.4 Å². The molecule has 0 spiro atoms. The summed E-state index contributed by atoms with van der Waals surface area (Å²) >= 11 is 6.18. The normalized spacial score (nSPS) is 10.9. The fourth-order valence-corrected chi connectivity index (χ4v) is 2.36. The summed E-state index contributed by atoms with van der Waals surface area (Å²) in [5.74, 6) is 0.824. The Morgan fingerprint density at radius 3 is 2.70 bits per heavy atom. The lowest BCUT2D eigenvalue weighted by Gasteiger charge is -2.05. The Balaban J connectivity index is 1.97. The summed E-state index contributed by atoms with van der Waals surface area (Å²) in [5.41, 5.74) is 3.45. The van der Waals surface area contributed by atoms with Gasteiger partial charge in [0.15, 0.2) is 5.65 Å². The molecule has 0 aliphatic carbocycles. The molecule has 3 rings (SSSR count). The van der Waals surface area contributed by atoms with E-state index in [-0.39, 0.29) is 0 Å². The summed E-state index contributed by atoms with van der Waals surface area (Å²) in [4.78, 5) is 4.51. The van der Waals surface area contributed by atoms with E-state index in [2.05, 4.69) is 10.1 Å². The van der Waals surface area contributed by atoms with Crippen LogP contribution in [0.5, 0.6) is 5.75 Å². The van der Waals surface area contributed by atoms with Gasteiger partial charge in [-0.15, -0.1) is 0 Å². The molecule has 0 atom stereocenters. The molecule has 3 aromatic rings. The maximum atomic E-state index is 6.18. The van der Waals surface area contributed by atoms with Gasteiger partial charge in [-0.3, -0.25) is 0 Å². The van der Waals surface area contributed by atoms with Crippen molar-refractivity contribution in [3.05, 3.63) is 58.5 Å². The molecule has 0 fully saturated rings. The number of hydrogen-bond acceptors (Lipinski definition) is 3. The number of hydrogen-bond donors (Lipinski definition) is 0. The Morgan fingerprint density at radius 2 is 1.95 bits per heavy atom. The van der Waals surface area contributed by atoms with Crippen LogP contribution in [0.3, 0.4) is 0 Å². The van der Waals surface area contributed by atoms with E-state index in [1.165, 1.54) is 0 Å². The van der Waals surface area contributed by atoms with Crippen molar-refractivity contribution in [1.29, 1.82) is 0 Å². The van der Waals surface area contributed by atoms with Gasteiger partial charge in [0.05, 0.1) is 11.3 Å². The van der Waals surface area contributed by atoms with E-state index < -0.39 is 0 Å². The Morgan fingerprint density at radius 1 is 1.20 bits per heavy atom. The lowest BCUT2D eigenvalue weighted by molar-refractivity contribution is 0.306. The molecule has 0 unspecified atom stereocenters. The van der Waals surface area contributed by atoms with Crippen molar-refractivity contribution in [2.45, 2.75) is 20.5 Å². The molecule has 20 heavy (non-hydrogen) atoms. The van der Waals surface area contributed by atoms with Gasteiger partial charge in [-0.1, -0.05) is 29.8 Å². The van der Waals surface area contributed by atoms with Crippen molar-refractivity contribution in [3.8, 4) is 5.75 Å². The minimum Gasteiger partial charge on any atom is -0.489 e. The molecular weight excluding hydrogens is 274 g/mol. The Hall–Kier alpha value is -2.07. The first-order valence-electron chi connectivity index (χ1n) is 6.34. The number of halogens is 1. The van der Waals surface area contributed by atoms with Crippen LogP contribution < -0.4 is 4.74 Å². The molecule has 5 heteroatoms. The van der Waals surface area contributed by atoms with Gasteiger partial charge in [0, 0.05) is 5.69 Å². The fraction of sp³-hybridized carbons (Fsp3) is 0.200. The third-order valence-corrected chi connectivity index (χ3v) is 3.37. The van der Waals surface area contributed by atoms with Crippen molar-refractivity contribution >= 4 is 17.2 Å². The first kappa shape index (κ1) is 12.9. The minimum atomic E-state index is 0.423. The molecule has 0 saturated heterocycles. The first-order chi connectivity index (χ1) is 9.65. The summed E-state index contributed by atoms with van der Waals surface area (Å²) in [6, 6.07) is 11.5. The third kappa shape index (κ3) is 2.34. The molecule has 0 bridgehead atoms. The van der Waals surface area contributed by atoms with Gasteiger partial charge in [0.25, 0.3) is 0 Å². The second-order valence-corrected chi connectivity index (χ2v) is 5.01. The van der Waals surface area contributed by atoms with Crippen LogP contribution in [0.4, 0.5) is 0 Å². The maximum absolute atomic E-state index is 6.18. The summed E-state index contributed by atoms with van der Waals surface area (Å²) in [6.07, 6.45) is 0. The van der Waals surface area contributed by atoms with Crippen LogP contribution in [0.1, 0.15) is 17.0 Å².